The predicted octanol–water partition coefficient (Wildman–Crippen LogP) is 20.1. The number of hydrogen-bond acceptors (Lipinski definition) is 2. The van der Waals surface area contributed by atoms with Gasteiger partial charge in [0, 0.05) is 33.4 Å². The summed E-state index contributed by atoms with van der Waals surface area (Å²) >= 11 is 0. The molecule has 0 N–H and O–H groups in total. The SMILES string of the molecule is C=Cc1ccc(Oc2ccc(C3(c4ccccc4-c4ccccc4)c4ccccc4-c4ccc(N(c5ccc(-c6ccc7c(c6)c6ccccc6n7-c6ccccc6)cc5)c5ccccc5-c5ccccc5)cc43)cc2)cc1. The molecular formula is C75H52N2O. The van der Waals surface area contributed by atoms with E-state index in [0.29, 0.717) is 0 Å². The fourth-order valence-electron chi connectivity index (χ4n) is 12.2. The van der Waals surface area contributed by atoms with Crippen LogP contribution < -0.4 is 9.64 Å². The van der Waals surface area contributed by atoms with Crippen molar-refractivity contribution in [1.29, 1.82) is 0 Å². The zero-order valence-electron chi connectivity index (χ0n) is 42.9. The molecule has 0 fully saturated rings. The Morgan fingerprint density at radius 1 is 0.359 bits per heavy atom. The van der Waals surface area contributed by atoms with Gasteiger partial charge in [0.25, 0.3) is 0 Å². The first-order valence-electron chi connectivity index (χ1n) is 26.7. The van der Waals surface area contributed by atoms with Gasteiger partial charge >= 0.3 is 0 Å². The molecule has 14 rings (SSSR count). The van der Waals surface area contributed by atoms with E-state index in [4.69, 9.17) is 4.74 Å². The van der Waals surface area contributed by atoms with Crippen LogP contribution in [0.25, 0.3) is 78.1 Å². The van der Waals surface area contributed by atoms with Gasteiger partial charge in [0.05, 0.1) is 22.1 Å². The van der Waals surface area contributed by atoms with Gasteiger partial charge in [-0.25, -0.2) is 0 Å². The summed E-state index contributed by atoms with van der Waals surface area (Å²) in [5.74, 6) is 1.54. The molecule has 0 saturated carbocycles. The van der Waals surface area contributed by atoms with E-state index in [-0.39, 0.29) is 0 Å². The number of hydrogen-bond donors (Lipinski definition) is 0. The highest BCUT2D eigenvalue weighted by Crippen LogP contribution is 2.59. The smallest absolute Gasteiger partial charge is 0.127 e. The van der Waals surface area contributed by atoms with Crippen molar-refractivity contribution in [3.63, 3.8) is 0 Å². The molecule has 1 unspecified atom stereocenters. The van der Waals surface area contributed by atoms with Crippen LogP contribution >= 0.6 is 0 Å². The molecule has 78 heavy (non-hydrogen) atoms. The quantitative estimate of drug-likeness (QED) is 0.121. The molecule has 1 atom stereocenters. The average molecular weight is 997 g/mol. The summed E-state index contributed by atoms with van der Waals surface area (Å²) in [5.41, 5.74) is 21.2. The molecule has 1 aliphatic rings. The summed E-state index contributed by atoms with van der Waals surface area (Å²) in [4.78, 5) is 2.45. The topological polar surface area (TPSA) is 17.4 Å². The Morgan fingerprint density at radius 2 is 0.885 bits per heavy atom. The lowest BCUT2D eigenvalue weighted by Gasteiger charge is -2.36. The highest BCUT2D eigenvalue weighted by Gasteiger charge is 2.47. The fraction of sp³-hybridized carbons (Fsp3) is 0.0133. The molecule has 0 bridgehead atoms. The van der Waals surface area contributed by atoms with Crippen LogP contribution in [0.1, 0.15) is 27.8 Å². The molecule has 1 aromatic heterocycles. The minimum absolute atomic E-state index is 0.741. The highest BCUT2D eigenvalue weighted by molar-refractivity contribution is 6.10. The molecule has 0 aliphatic heterocycles. The van der Waals surface area contributed by atoms with Crippen molar-refractivity contribution in [3.8, 4) is 61.7 Å². The summed E-state index contributed by atoms with van der Waals surface area (Å²) < 4.78 is 8.88. The van der Waals surface area contributed by atoms with Crippen LogP contribution in [0.5, 0.6) is 11.5 Å². The fourth-order valence-corrected chi connectivity index (χ4v) is 12.2. The third-order valence-electron chi connectivity index (χ3n) is 15.7. The molecule has 0 amide bonds. The van der Waals surface area contributed by atoms with E-state index in [9.17, 15) is 0 Å². The summed E-state index contributed by atoms with van der Waals surface area (Å²) in [5, 5.41) is 2.46. The normalized spacial score (nSPS) is 13.5. The van der Waals surface area contributed by atoms with Gasteiger partial charge in [-0.15, -0.1) is 0 Å². The van der Waals surface area contributed by atoms with Crippen molar-refractivity contribution in [2.24, 2.45) is 0 Å². The highest BCUT2D eigenvalue weighted by atomic mass is 16.5. The van der Waals surface area contributed by atoms with Crippen LogP contribution in [-0.4, -0.2) is 4.57 Å². The molecule has 1 heterocycles. The average Bonchev–Trinajstić information content (AvgIpc) is 3.66. The number of para-hydroxylation sites is 3. The Kier molecular flexibility index (Phi) is 11.6. The van der Waals surface area contributed by atoms with E-state index in [1.54, 1.807) is 0 Å². The zero-order chi connectivity index (χ0) is 52.0. The molecule has 3 nitrogen and oxygen atoms in total. The minimum Gasteiger partial charge on any atom is -0.457 e. The first kappa shape index (κ1) is 46.3. The molecule has 13 aromatic rings. The number of rotatable bonds is 12. The van der Waals surface area contributed by atoms with Crippen molar-refractivity contribution < 1.29 is 4.74 Å². The number of anilines is 3. The van der Waals surface area contributed by atoms with Gasteiger partial charge in [0.15, 0.2) is 0 Å². The Morgan fingerprint density at radius 3 is 1.59 bits per heavy atom. The van der Waals surface area contributed by atoms with E-state index in [0.717, 1.165) is 67.6 Å². The third kappa shape index (κ3) is 7.83. The first-order valence-corrected chi connectivity index (χ1v) is 26.7. The number of fused-ring (bicyclic) bond motifs is 6. The largest absolute Gasteiger partial charge is 0.457 e. The number of nitrogens with zero attached hydrogens (tertiary/aromatic N) is 2. The van der Waals surface area contributed by atoms with Gasteiger partial charge in [0.1, 0.15) is 11.5 Å². The molecule has 0 saturated heterocycles. The van der Waals surface area contributed by atoms with Gasteiger partial charge in [-0.1, -0.05) is 225 Å². The van der Waals surface area contributed by atoms with E-state index in [1.165, 1.54) is 60.8 Å². The lowest BCUT2D eigenvalue weighted by Crippen LogP contribution is -2.29. The van der Waals surface area contributed by atoms with Crippen molar-refractivity contribution in [1.82, 2.24) is 4.57 Å². The van der Waals surface area contributed by atoms with Crippen LogP contribution in [0.3, 0.4) is 0 Å². The molecule has 12 aromatic carbocycles. The molecule has 0 spiro atoms. The van der Waals surface area contributed by atoms with E-state index >= 15 is 0 Å². The second-order valence-corrected chi connectivity index (χ2v) is 20.0. The molecule has 1 aliphatic carbocycles. The van der Waals surface area contributed by atoms with Gasteiger partial charge in [-0.05, 0) is 152 Å². The minimum atomic E-state index is -0.741. The number of aromatic nitrogens is 1. The third-order valence-corrected chi connectivity index (χ3v) is 15.7. The lowest BCUT2D eigenvalue weighted by molar-refractivity contribution is 0.482. The van der Waals surface area contributed by atoms with Crippen molar-refractivity contribution in [3.05, 3.63) is 332 Å². The van der Waals surface area contributed by atoms with E-state index in [2.05, 4.69) is 289 Å². The van der Waals surface area contributed by atoms with E-state index in [1.807, 2.05) is 30.3 Å². The molecule has 0 radical (unpaired) electrons. The summed E-state index contributed by atoms with van der Waals surface area (Å²) in [6.45, 7) is 3.93. The standard InChI is InChI=1S/C75H52N2O/c1-2-52-34-44-61(45-35-52)78-62-46-39-57(40-47-62)75(69-30-16-12-26-63(69)54-20-6-3-7-21-54)70-31-17-13-28-65(70)66-48-43-60(51-71(66)75)76(72-32-18-14-27-64(72)55-22-8-4-9-23-55)59-41-36-53(37-42-59)56-38-49-74-68(50-56)67-29-15-19-33-73(67)77(74)58-24-10-5-11-25-58/h2-51H,1H2. The maximum absolute atomic E-state index is 6.51. The first-order chi connectivity index (χ1) is 38.6. The second kappa shape index (κ2) is 19.5. The van der Waals surface area contributed by atoms with Crippen LogP contribution in [0, 0.1) is 0 Å². The van der Waals surface area contributed by atoms with Crippen molar-refractivity contribution >= 4 is 44.9 Å². The van der Waals surface area contributed by atoms with Gasteiger partial charge < -0.3 is 14.2 Å². The van der Waals surface area contributed by atoms with Gasteiger partial charge in [-0.2, -0.15) is 0 Å². The molecule has 3 heteroatoms. The van der Waals surface area contributed by atoms with Crippen molar-refractivity contribution in [2.75, 3.05) is 4.90 Å². The van der Waals surface area contributed by atoms with Crippen LogP contribution in [0.2, 0.25) is 0 Å². The summed E-state index contributed by atoms with van der Waals surface area (Å²) in [7, 11) is 0. The Hall–Kier alpha value is -10.2. The summed E-state index contributed by atoms with van der Waals surface area (Å²) in [6, 6.07) is 108. The van der Waals surface area contributed by atoms with Crippen LogP contribution in [-0.2, 0) is 5.41 Å². The number of benzene rings is 12. The maximum Gasteiger partial charge on any atom is 0.127 e. The Labute approximate surface area is 455 Å². The predicted molar refractivity (Wildman–Crippen MR) is 326 cm³/mol. The van der Waals surface area contributed by atoms with E-state index < -0.39 is 5.41 Å². The second-order valence-electron chi connectivity index (χ2n) is 20.0. The van der Waals surface area contributed by atoms with Crippen molar-refractivity contribution in [2.45, 2.75) is 5.41 Å². The van der Waals surface area contributed by atoms with Crippen LogP contribution in [0.4, 0.5) is 17.1 Å². The maximum atomic E-state index is 6.51. The van der Waals surface area contributed by atoms with Gasteiger partial charge in [-0.3, -0.25) is 0 Å². The number of ether oxygens (including phenoxy) is 1. The monoisotopic (exact) mass is 996 g/mol. The van der Waals surface area contributed by atoms with Gasteiger partial charge in [0.2, 0.25) is 0 Å². The zero-order valence-corrected chi connectivity index (χ0v) is 42.9. The Balaban J connectivity index is 0.958. The molecular weight excluding hydrogens is 945 g/mol. The molecule has 368 valence electrons. The Bertz CT molecular complexity index is 4330. The summed E-state index contributed by atoms with van der Waals surface area (Å²) in [6.07, 6.45) is 1.85. The lowest BCUT2D eigenvalue weighted by atomic mass is 9.66. The van der Waals surface area contributed by atoms with Crippen LogP contribution in [0.15, 0.2) is 304 Å².